The van der Waals surface area contributed by atoms with Crippen LogP contribution in [0, 0.1) is 10.1 Å². The van der Waals surface area contributed by atoms with Gasteiger partial charge in [0.25, 0.3) is 5.69 Å². The number of aliphatic imine (C=N–C) groups is 1. The first-order valence-corrected chi connectivity index (χ1v) is 9.61. The summed E-state index contributed by atoms with van der Waals surface area (Å²) >= 11 is 5.82. The molecule has 0 unspecified atom stereocenters. The second-order valence-electron chi connectivity index (χ2n) is 6.60. The number of nitrogens with zero attached hydrogens (tertiary/aromatic N) is 2. The molecule has 3 aromatic rings. The summed E-state index contributed by atoms with van der Waals surface area (Å²) in [6.07, 6.45) is 1.57. The third-order valence-corrected chi connectivity index (χ3v) is 4.76. The Morgan fingerprint density at radius 1 is 1.06 bits per heavy atom. The van der Waals surface area contributed by atoms with Gasteiger partial charge in [0.2, 0.25) is 5.90 Å². The molecule has 31 heavy (non-hydrogen) atoms. The number of halogens is 1. The average Bonchev–Trinajstić information content (AvgIpc) is 3.14. The minimum atomic E-state index is -0.642. The van der Waals surface area contributed by atoms with Gasteiger partial charge in [-0.25, -0.2) is 9.79 Å². The highest BCUT2D eigenvalue weighted by molar-refractivity contribution is 6.32. The molecule has 1 heterocycles. The van der Waals surface area contributed by atoms with E-state index in [0.717, 1.165) is 11.1 Å². The molecule has 0 bridgehead atoms. The van der Waals surface area contributed by atoms with Gasteiger partial charge in [0.05, 0.1) is 4.92 Å². The van der Waals surface area contributed by atoms with E-state index in [1.54, 1.807) is 30.3 Å². The highest BCUT2D eigenvalue weighted by Gasteiger charge is 2.26. The van der Waals surface area contributed by atoms with E-state index in [4.69, 9.17) is 21.1 Å². The van der Waals surface area contributed by atoms with E-state index in [1.165, 1.54) is 18.2 Å². The molecule has 0 atom stereocenters. The van der Waals surface area contributed by atoms with Gasteiger partial charge in [0, 0.05) is 11.6 Å². The zero-order valence-electron chi connectivity index (χ0n) is 16.0. The molecule has 0 fully saturated rings. The molecule has 0 N–H and O–H groups in total. The van der Waals surface area contributed by atoms with Gasteiger partial charge in [-0.05, 0) is 41.5 Å². The third kappa shape index (κ3) is 4.79. The van der Waals surface area contributed by atoms with Crippen molar-refractivity contribution in [3.63, 3.8) is 0 Å². The number of ether oxygens (including phenoxy) is 2. The number of cyclic esters (lactones) is 1. The van der Waals surface area contributed by atoms with E-state index in [1.807, 2.05) is 30.3 Å². The highest BCUT2D eigenvalue weighted by Crippen LogP contribution is 2.27. The Morgan fingerprint density at radius 2 is 1.81 bits per heavy atom. The fourth-order valence-electron chi connectivity index (χ4n) is 2.88. The molecule has 0 aromatic heterocycles. The van der Waals surface area contributed by atoms with Gasteiger partial charge in [-0.1, -0.05) is 54.1 Å². The molecule has 8 heteroatoms. The van der Waals surface area contributed by atoms with Crippen LogP contribution < -0.4 is 4.74 Å². The molecule has 0 amide bonds. The largest absolute Gasteiger partial charge is 0.489 e. The summed E-state index contributed by atoms with van der Waals surface area (Å²) < 4.78 is 10.9. The van der Waals surface area contributed by atoms with Gasteiger partial charge in [0.15, 0.2) is 5.70 Å². The quantitative estimate of drug-likeness (QED) is 0.231. The molecule has 0 spiro atoms. The van der Waals surface area contributed by atoms with Crippen LogP contribution in [0.5, 0.6) is 5.75 Å². The van der Waals surface area contributed by atoms with E-state index in [9.17, 15) is 14.9 Å². The molecule has 0 saturated carbocycles. The maximum absolute atomic E-state index is 12.2. The Morgan fingerprint density at radius 3 is 2.52 bits per heavy atom. The Balaban J connectivity index is 1.49. The van der Waals surface area contributed by atoms with Crippen molar-refractivity contribution in [3.8, 4) is 5.75 Å². The van der Waals surface area contributed by atoms with Crippen LogP contribution in [0.25, 0.3) is 6.08 Å². The first kappa shape index (κ1) is 20.3. The molecular weight excluding hydrogens is 420 g/mol. The Hall–Kier alpha value is -3.97. The van der Waals surface area contributed by atoms with Crippen LogP contribution in [0.15, 0.2) is 83.5 Å². The summed E-state index contributed by atoms with van der Waals surface area (Å²) in [6.45, 7) is 0.453. The first-order valence-electron chi connectivity index (χ1n) is 9.23. The molecule has 3 aromatic carbocycles. The number of rotatable bonds is 6. The maximum atomic E-state index is 12.2. The number of nitro groups is 1. The van der Waals surface area contributed by atoms with Crippen LogP contribution in [0.2, 0.25) is 5.02 Å². The molecule has 154 valence electrons. The normalized spacial score (nSPS) is 14.3. The van der Waals surface area contributed by atoms with E-state index < -0.39 is 10.9 Å². The molecular formula is C23H15ClN2O5. The van der Waals surface area contributed by atoms with Crippen molar-refractivity contribution in [2.45, 2.75) is 6.61 Å². The number of esters is 1. The van der Waals surface area contributed by atoms with Crippen LogP contribution in [0.3, 0.4) is 0 Å². The van der Waals surface area contributed by atoms with Gasteiger partial charge >= 0.3 is 5.97 Å². The Bertz CT molecular complexity index is 1200. The van der Waals surface area contributed by atoms with Crippen molar-refractivity contribution in [2.75, 3.05) is 0 Å². The van der Waals surface area contributed by atoms with Crippen molar-refractivity contribution in [2.24, 2.45) is 4.99 Å². The Kier molecular flexibility index (Phi) is 5.77. The molecule has 1 aliphatic rings. The fourth-order valence-corrected chi connectivity index (χ4v) is 3.06. The number of hydrogen-bond donors (Lipinski definition) is 0. The molecule has 0 aliphatic carbocycles. The number of nitro benzene ring substituents is 1. The van der Waals surface area contributed by atoms with Crippen LogP contribution in [0.1, 0.15) is 16.7 Å². The molecule has 0 saturated heterocycles. The van der Waals surface area contributed by atoms with Crippen molar-refractivity contribution >= 4 is 35.2 Å². The van der Waals surface area contributed by atoms with Crippen molar-refractivity contribution in [1.29, 1.82) is 0 Å². The molecule has 7 nitrogen and oxygen atoms in total. The maximum Gasteiger partial charge on any atom is 0.363 e. The Labute approximate surface area is 182 Å². The van der Waals surface area contributed by atoms with Gasteiger partial charge in [-0.3, -0.25) is 10.1 Å². The lowest BCUT2D eigenvalue weighted by Gasteiger charge is -2.06. The van der Waals surface area contributed by atoms with Crippen molar-refractivity contribution in [1.82, 2.24) is 0 Å². The van der Waals surface area contributed by atoms with Crippen molar-refractivity contribution in [3.05, 3.63) is 110 Å². The topological polar surface area (TPSA) is 91.0 Å². The predicted molar refractivity (Wildman–Crippen MR) is 116 cm³/mol. The van der Waals surface area contributed by atoms with Gasteiger partial charge < -0.3 is 9.47 Å². The fraction of sp³-hybridized carbons (Fsp3) is 0.0435. The lowest BCUT2D eigenvalue weighted by atomic mass is 10.2. The van der Waals surface area contributed by atoms with Crippen LogP contribution >= 0.6 is 11.6 Å². The lowest BCUT2D eigenvalue weighted by Crippen LogP contribution is -2.06. The molecule has 1 aliphatic heterocycles. The first-order chi connectivity index (χ1) is 15.0. The SMILES string of the molecule is O=C1OC(c2ccc(Cl)c([N+](=O)[O-])c2)=N/C1=C/c1ccc(OCc2ccccc2)cc1. The van der Waals surface area contributed by atoms with Crippen LogP contribution in [-0.2, 0) is 16.1 Å². The van der Waals surface area contributed by atoms with Crippen LogP contribution in [0.4, 0.5) is 5.69 Å². The van der Waals surface area contributed by atoms with E-state index >= 15 is 0 Å². The zero-order chi connectivity index (χ0) is 21.8. The number of hydrogen-bond acceptors (Lipinski definition) is 6. The van der Waals surface area contributed by atoms with E-state index in [0.29, 0.717) is 12.4 Å². The lowest BCUT2D eigenvalue weighted by molar-refractivity contribution is -0.384. The standard InChI is InChI=1S/C23H15ClN2O5/c24-19-11-8-17(13-21(19)26(28)29)22-25-20(23(27)31-22)12-15-6-9-18(10-7-15)30-14-16-4-2-1-3-5-16/h1-13H,14H2/b20-12+. The minimum Gasteiger partial charge on any atom is -0.489 e. The highest BCUT2D eigenvalue weighted by atomic mass is 35.5. The summed E-state index contributed by atoms with van der Waals surface area (Å²) in [5.74, 6) is 0.0357. The summed E-state index contributed by atoms with van der Waals surface area (Å²) in [7, 11) is 0. The second-order valence-corrected chi connectivity index (χ2v) is 7.01. The predicted octanol–water partition coefficient (Wildman–Crippen LogP) is 5.17. The van der Waals surface area contributed by atoms with Gasteiger partial charge in [0.1, 0.15) is 17.4 Å². The molecule has 4 rings (SSSR count). The van der Waals surface area contributed by atoms with Crippen molar-refractivity contribution < 1.29 is 19.2 Å². The van der Waals surface area contributed by atoms with E-state index in [2.05, 4.69) is 4.99 Å². The number of carbonyl (C=O) groups is 1. The summed E-state index contributed by atoms with van der Waals surface area (Å²) in [6, 6.07) is 21.1. The van der Waals surface area contributed by atoms with E-state index in [-0.39, 0.29) is 27.9 Å². The molecule has 0 radical (unpaired) electrons. The monoisotopic (exact) mass is 434 g/mol. The number of benzene rings is 3. The summed E-state index contributed by atoms with van der Waals surface area (Å²) in [5, 5.41) is 11.1. The van der Waals surface area contributed by atoms with Gasteiger partial charge in [-0.15, -0.1) is 0 Å². The zero-order valence-corrected chi connectivity index (χ0v) is 16.8. The minimum absolute atomic E-state index is 0.0102. The third-order valence-electron chi connectivity index (χ3n) is 4.44. The van der Waals surface area contributed by atoms with Crippen LogP contribution in [-0.4, -0.2) is 16.8 Å². The summed E-state index contributed by atoms with van der Waals surface area (Å²) in [4.78, 5) is 26.8. The smallest absolute Gasteiger partial charge is 0.363 e. The average molecular weight is 435 g/mol. The summed E-state index contributed by atoms with van der Waals surface area (Å²) in [5.41, 5.74) is 1.88. The number of carbonyl (C=O) groups excluding carboxylic acids is 1. The van der Waals surface area contributed by atoms with Gasteiger partial charge in [-0.2, -0.15) is 0 Å². The second kappa shape index (κ2) is 8.81.